The average Bonchev–Trinajstić information content (AvgIpc) is 3.68. The predicted molar refractivity (Wildman–Crippen MR) is 270 cm³/mol. The van der Waals surface area contributed by atoms with Gasteiger partial charge in [-0.3, -0.25) is 24.1 Å². The molecule has 0 spiro atoms. The van der Waals surface area contributed by atoms with Gasteiger partial charge < -0.3 is 35.8 Å². The second-order valence-electron chi connectivity index (χ2n) is 18.2. The monoisotopic (exact) mass is 996 g/mol. The Hall–Kier alpha value is -5.82. The fourth-order valence-electron chi connectivity index (χ4n) is 8.55. The summed E-state index contributed by atoms with van der Waals surface area (Å²) in [7, 11) is 3.26. The third-order valence-corrected chi connectivity index (χ3v) is 15.7. The number of rotatable bonds is 18. The number of halogens is 2. The first-order valence-corrected chi connectivity index (χ1v) is 25.3. The third kappa shape index (κ3) is 11.8. The van der Waals surface area contributed by atoms with Crippen molar-refractivity contribution >= 4 is 75.8 Å². The van der Waals surface area contributed by atoms with Crippen LogP contribution in [0.2, 0.25) is 5.02 Å². The molecule has 5 aromatic rings. The van der Waals surface area contributed by atoms with Crippen molar-refractivity contribution in [1.82, 2.24) is 40.3 Å². The number of benzene rings is 3. The molecule has 69 heavy (non-hydrogen) atoms. The first-order valence-electron chi connectivity index (χ1n) is 23.1. The SMILES string of the molecule is CNc1nc(Nc2ccc(C(=O)N3CCN(Cc4ccc(CSC(C)(C)[C@H](NC(=O)C5(F)CC5)C(=O)N5CCCC5C(=O)NCc5ccc(-c6scnc6C)cc5)cc4)CC3)cc2OC)ncc1Cl. The second-order valence-corrected chi connectivity index (χ2v) is 21.1. The molecule has 0 bridgehead atoms. The molecule has 0 radical (unpaired) electrons. The van der Waals surface area contributed by atoms with Crippen LogP contribution in [-0.4, -0.2) is 123 Å². The molecule has 1 saturated carbocycles. The van der Waals surface area contributed by atoms with Gasteiger partial charge in [0.1, 0.15) is 28.7 Å². The van der Waals surface area contributed by atoms with Crippen molar-refractivity contribution in [2.45, 2.75) is 87.8 Å². The Bertz CT molecular complexity index is 2660. The van der Waals surface area contributed by atoms with E-state index in [1.54, 1.807) is 48.6 Å². The van der Waals surface area contributed by atoms with Gasteiger partial charge in [-0.1, -0.05) is 60.1 Å². The summed E-state index contributed by atoms with van der Waals surface area (Å²) in [6.07, 6.45) is 2.87. The zero-order valence-corrected chi connectivity index (χ0v) is 41.8. The number of hydrogen-bond acceptors (Lipinski definition) is 13. The van der Waals surface area contributed by atoms with E-state index in [0.717, 1.165) is 39.4 Å². The Morgan fingerprint density at radius 3 is 2.35 bits per heavy atom. The lowest BCUT2D eigenvalue weighted by molar-refractivity contribution is -0.143. The van der Waals surface area contributed by atoms with Gasteiger partial charge in [0.05, 0.1) is 35.1 Å². The second kappa shape index (κ2) is 21.4. The van der Waals surface area contributed by atoms with E-state index in [-0.39, 0.29) is 30.6 Å². The number of aromatic nitrogens is 3. The molecule has 4 N–H and O–H groups in total. The molecule has 15 nitrogen and oxygen atoms in total. The standard InChI is InChI=1S/C50H58ClFN10O5S2/c1-31-41(68-30-56-31)35-14-12-32(13-15-35)26-54-44(63)39-7-6-20-62(39)46(65)42(58-47(66)50(52)18-19-50)49(2,3)69-29-34-10-8-33(9-11-34)28-60-21-23-61(24-22-60)45(64)36-16-17-38(40(25-36)67-5)57-48-55-27-37(51)43(53-4)59-48/h8-17,25,27,30,39,42H,6-7,18-24,26,28-29H2,1-5H3,(H,54,63)(H,58,66)(H2,53,55,57,59)/t39?,42-/m1/s1. The smallest absolute Gasteiger partial charge is 0.258 e. The van der Waals surface area contributed by atoms with Crippen LogP contribution < -0.4 is 26.0 Å². The number of nitrogens with zero attached hydrogens (tertiary/aromatic N) is 6. The van der Waals surface area contributed by atoms with Gasteiger partial charge in [0.2, 0.25) is 17.8 Å². The number of thiazole rings is 1. The largest absolute Gasteiger partial charge is 0.495 e. The third-order valence-electron chi connectivity index (χ3n) is 13.0. The number of amides is 4. The number of aryl methyl sites for hydroxylation is 1. The molecule has 3 aliphatic rings. The lowest BCUT2D eigenvalue weighted by Gasteiger charge is -2.37. The van der Waals surface area contributed by atoms with Crippen LogP contribution in [0.4, 0.5) is 21.8 Å². The molecule has 2 saturated heterocycles. The minimum Gasteiger partial charge on any atom is -0.495 e. The first kappa shape index (κ1) is 49.6. The molecule has 1 unspecified atom stereocenters. The van der Waals surface area contributed by atoms with E-state index < -0.39 is 28.4 Å². The normalized spacial score (nSPS) is 17.2. The summed E-state index contributed by atoms with van der Waals surface area (Å²) in [5.41, 5.74) is 6.09. The summed E-state index contributed by atoms with van der Waals surface area (Å²) in [5, 5.41) is 12.3. The van der Waals surface area contributed by atoms with Crippen LogP contribution in [0.3, 0.4) is 0 Å². The van der Waals surface area contributed by atoms with Crippen molar-refractivity contribution < 1.29 is 28.3 Å². The maximum Gasteiger partial charge on any atom is 0.258 e. The molecule has 3 aromatic carbocycles. The number of anilines is 3. The van der Waals surface area contributed by atoms with Gasteiger partial charge in [-0.15, -0.1) is 23.1 Å². The van der Waals surface area contributed by atoms with Gasteiger partial charge in [-0.05, 0) is 86.9 Å². The highest BCUT2D eigenvalue weighted by Crippen LogP contribution is 2.41. The molecule has 19 heteroatoms. The van der Waals surface area contributed by atoms with E-state index in [1.165, 1.54) is 18.0 Å². The molecule has 8 rings (SSSR count). The van der Waals surface area contributed by atoms with E-state index in [1.807, 2.05) is 55.4 Å². The predicted octanol–water partition coefficient (Wildman–Crippen LogP) is 7.62. The Kier molecular flexibility index (Phi) is 15.4. The first-order chi connectivity index (χ1) is 33.1. The fourth-order valence-corrected chi connectivity index (χ4v) is 10.6. The molecule has 4 heterocycles. The zero-order valence-electron chi connectivity index (χ0n) is 39.4. The highest BCUT2D eigenvalue weighted by Gasteiger charge is 2.53. The number of carbonyl (C=O) groups is 4. The summed E-state index contributed by atoms with van der Waals surface area (Å²) < 4.78 is 19.9. The van der Waals surface area contributed by atoms with E-state index in [9.17, 15) is 19.2 Å². The average molecular weight is 998 g/mol. The number of hydrogen-bond donors (Lipinski definition) is 4. The maximum absolute atomic E-state index is 15.1. The fraction of sp³-hybridized carbons (Fsp3) is 0.420. The van der Waals surface area contributed by atoms with Crippen molar-refractivity contribution in [1.29, 1.82) is 0 Å². The van der Waals surface area contributed by atoms with Crippen LogP contribution >= 0.6 is 34.7 Å². The van der Waals surface area contributed by atoms with Gasteiger partial charge in [-0.2, -0.15) is 4.98 Å². The van der Waals surface area contributed by atoms with E-state index in [2.05, 4.69) is 65.4 Å². The van der Waals surface area contributed by atoms with Crippen molar-refractivity contribution in [2.75, 3.05) is 57.5 Å². The number of methoxy groups -OCH3 is 1. The summed E-state index contributed by atoms with van der Waals surface area (Å²) in [4.78, 5) is 74.7. The van der Waals surface area contributed by atoms with Crippen molar-refractivity contribution in [3.05, 3.63) is 111 Å². The van der Waals surface area contributed by atoms with Crippen molar-refractivity contribution in [3.63, 3.8) is 0 Å². The van der Waals surface area contributed by atoms with E-state index >= 15 is 4.39 Å². The Balaban J connectivity index is 0.834. The van der Waals surface area contributed by atoms with Crippen molar-refractivity contribution in [3.8, 4) is 16.2 Å². The minimum absolute atomic E-state index is 0.0771. The van der Waals surface area contributed by atoms with Crippen LogP contribution in [0.25, 0.3) is 10.4 Å². The number of likely N-dealkylation sites (tertiary alicyclic amines) is 1. The quantitative estimate of drug-likeness (QED) is 0.0678. The highest BCUT2D eigenvalue weighted by atomic mass is 35.5. The molecular formula is C50H58ClFN10O5S2. The molecule has 2 aromatic heterocycles. The summed E-state index contributed by atoms with van der Waals surface area (Å²) >= 11 is 9.22. The molecular weight excluding hydrogens is 939 g/mol. The van der Waals surface area contributed by atoms with Crippen LogP contribution in [0, 0.1) is 6.92 Å². The minimum atomic E-state index is -1.97. The lowest BCUT2D eigenvalue weighted by Crippen LogP contribution is -2.60. The highest BCUT2D eigenvalue weighted by molar-refractivity contribution is 7.99. The topological polar surface area (TPSA) is 174 Å². The Morgan fingerprint density at radius 1 is 0.971 bits per heavy atom. The van der Waals surface area contributed by atoms with Crippen molar-refractivity contribution in [2.24, 2.45) is 0 Å². The van der Waals surface area contributed by atoms with Crippen LogP contribution in [-0.2, 0) is 33.2 Å². The summed E-state index contributed by atoms with van der Waals surface area (Å²) in [6.45, 7) is 9.70. The molecule has 3 fully saturated rings. The van der Waals surface area contributed by atoms with Gasteiger partial charge in [0.15, 0.2) is 5.67 Å². The summed E-state index contributed by atoms with van der Waals surface area (Å²) in [5.74, 6) is 0.324. The maximum atomic E-state index is 15.1. The molecule has 1 aliphatic carbocycles. The molecule has 364 valence electrons. The van der Waals surface area contributed by atoms with Gasteiger partial charge in [-0.25, -0.2) is 14.4 Å². The molecule has 4 amide bonds. The number of alkyl halides is 1. The zero-order chi connectivity index (χ0) is 48.9. The van der Waals surface area contributed by atoms with Crippen LogP contribution in [0.15, 0.2) is 78.4 Å². The van der Waals surface area contributed by atoms with Crippen LogP contribution in [0.5, 0.6) is 5.75 Å². The Morgan fingerprint density at radius 2 is 1.68 bits per heavy atom. The van der Waals surface area contributed by atoms with Gasteiger partial charge >= 0.3 is 0 Å². The van der Waals surface area contributed by atoms with Crippen LogP contribution in [0.1, 0.15) is 72.3 Å². The molecule has 2 aliphatic heterocycles. The van der Waals surface area contributed by atoms with E-state index in [4.69, 9.17) is 16.3 Å². The number of carbonyl (C=O) groups excluding carboxylic acids is 4. The number of ether oxygens (including phenoxy) is 1. The molecule has 2 atom stereocenters. The number of thioether (sulfide) groups is 1. The van der Waals surface area contributed by atoms with Gasteiger partial charge in [0, 0.05) is 68.9 Å². The van der Waals surface area contributed by atoms with Gasteiger partial charge in [0.25, 0.3) is 11.8 Å². The lowest BCUT2D eigenvalue weighted by atomic mass is 10.00. The Labute approximate surface area is 415 Å². The van der Waals surface area contributed by atoms with E-state index in [0.29, 0.717) is 91.7 Å². The summed E-state index contributed by atoms with van der Waals surface area (Å²) in [6, 6.07) is 19.8. The number of nitrogens with one attached hydrogen (secondary N) is 4. The number of piperazine rings is 1.